The fraction of sp³-hybridized carbons (Fsp3) is 0.500. The average Bonchev–Trinajstić information content (AvgIpc) is 2.96. The maximum absolute atomic E-state index is 11.0. The number of nitro groups is 1. The zero-order valence-corrected chi connectivity index (χ0v) is 11.5. The van der Waals surface area contributed by atoms with Crippen LogP contribution in [-0.4, -0.2) is 35.3 Å². The van der Waals surface area contributed by atoms with Gasteiger partial charge in [0.1, 0.15) is 0 Å². The second-order valence-electron chi connectivity index (χ2n) is 4.87. The van der Waals surface area contributed by atoms with Crippen LogP contribution in [0.3, 0.4) is 0 Å². The molecule has 1 aromatic rings. The molecule has 1 atom stereocenters. The van der Waals surface area contributed by atoms with Crippen LogP contribution in [-0.2, 0) is 4.74 Å². The van der Waals surface area contributed by atoms with E-state index in [1.54, 1.807) is 0 Å². The molecule has 0 aliphatic carbocycles. The van der Waals surface area contributed by atoms with E-state index in [9.17, 15) is 14.9 Å². The van der Waals surface area contributed by atoms with Crippen molar-refractivity contribution in [2.45, 2.75) is 31.8 Å². The van der Waals surface area contributed by atoms with Crippen LogP contribution in [0.15, 0.2) is 18.2 Å². The van der Waals surface area contributed by atoms with Crippen LogP contribution in [0, 0.1) is 10.1 Å². The summed E-state index contributed by atoms with van der Waals surface area (Å²) in [5.74, 6) is -1.11. The first kappa shape index (κ1) is 15.2. The van der Waals surface area contributed by atoms with Crippen molar-refractivity contribution in [1.82, 2.24) is 0 Å². The lowest BCUT2D eigenvalue weighted by Crippen LogP contribution is -2.08. The van der Waals surface area contributed by atoms with Gasteiger partial charge in [0, 0.05) is 12.7 Å². The van der Waals surface area contributed by atoms with Crippen LogP contribution >= 0.6 is 0 Å². The number of rotatable bonds is 7. The number of carboxylic acid groups (broad SMARTS) is 1. The van der Waals surface area contributed by atoms with Gasteiger partial charge in [0.25, 0.3) is 0 Å². The summed E-state index contributed by atoms with van der Waals surface area (Å²) in [6.45, 7) is 1.14. The summed E-state index contributed by atoms with van der Waals surface area (Å²) in [5.41, 5.74) is -0.458. The molecule has 1 aliphatic heterocycles. The van der Waals surface area contributed by atoms with E-state index >= 15 is 0 Å². The first-order valence-electron chi connectivity index (χ1n) is 6.84. The fourth-order valence-corrected chi connectivity index (χ4v) is 2.28. The van der Waals surface area contributed by atoms with Crippen molar-refractivity contribution in [2.24, 2.45) is 0 Å². The Kier molecular flexibility index (Phi) is 5.10. The Morgan fingerprint density at radius 3 is 2.95 bits per heavy atom. The highest BCUT2D eigenvalue weighted by molar-refractivity contribution is 5.88. The fourth-order valence-electron chi connectivity index (χ4n) is 2.28. The van der Waals surface area contributed by atoms with Gasteiger partial charge in [0.15, 0.2) is 5.75 Å². The molecule has 2 rings (SSSR count). The molecule has 1 fully saturated rings. The van der Waals surface area contributed by atoms with Gasteiger partial charge >= 0.3 is 11.7 Å². The molecule has 1 unspecified atom stereocenters. The molecule has 0 spiro atoms. The lowest BCUT2D eigenvalue weighted by atomic mass is 10.1. The average molecular weight is 295 g/mol. The number of carbonyl (C=O) groups is 1. The predicted octanol–water partition coefficient (Wildman–Crippen LogP) is 2.63. The Labute approximate surface area is 121 Å². The third-order valence-electron chi connectivity index (χ3n) is 3.35. The zero-order chi connectivity index (χ0) is 15.2. The number of aromatic carboxylic acids is 1. The van der Waals surface area contributed by atoms with Gasteiger partial charge in [0.05, 0.1) is 23.2 Å². The lowest BCUT2D eigenvalue weighted by molar-refractivity contribution is -0.385. The smallest absolute Gasteiger partial charge is 0.335 e. The van der Waals surface area contributed by atoms with E-state index in [4.69, 9.17) is 14.6 Å². The zero-order valence-electron chi connectivity index (χ0n) is 11.5. The number of hydrogen-bond acceptors (Lipinski definition) is 5. The molecule has 21 heavy (non-hydrogen) atoms. The first-order valence-corrected chi connectivity index (χ1v) is 6.84. The van der Waals surface area contributed by atoms with Crippen LogP contribution in [0.2, 0.25) is 0 Å². The Morgan fingerprint density at radius 1 is 1.52 bits per heavy atom. The van der Waals surface area contributed by atoms with Crippen molar-refractivity contribution in [3.05, 3.63) is 33.9 Å². The van der Waals surface area contributed by atoms with Crippen LogP contribution in [0.5, 0.6) is 5.75 Å². The summed E-state index contributed by atoms with van der Waals surface area (Å²) in [5, 5.41) is 19.8. The van der Waals surface area contributed by atoms with E-state index in [0.717, 1.165) is 38.4 Å². The molecule has 0 saturated carbocycles. The summed E-state index contributed by atoms with van der Waals surface area (Å²) >= 11 is 0. The van der Waals surface area contributed by atoms with Gasteiger partial charge in [-0.3, -0.25) is 10.1 Å². The Bertz CT molecular complexity index is 524. The van der Waals surface area contributed by atoms with Crippen LogP contribution < -0.4 is 4.74 Å². The summed E-state index contributed by atoms with van der Waals surface area (Å²) in [6.07, 6.45) is 3.99. The van der Waals surface area contributed by atoms with Crippen molar-refractivity contribution < 1.29 is 24.3 Å². The maximum Gasteiger partial charge on any atom is 0.335 e. The van der Waals surface area contributed by atoms with Gasteiger partial charge in [-0.15, -0.1) is 0 Å². The topological polar surface area (TPSA) is 98.9 Å². The molecule has 1 aliphatic rings. The van der Waals surface area contributed by atoms with E-state index in [0.29, 0.717) is 6.61 Å². The number of benzene rings is 1. The molecule has 0 radical (unpaired) electrons. The highest BCUT2D eigenvalue weighted by atomic mass is 16.6. The van der Waals surface area contributed by atoms with Gasteiger partial charge in [-0.2, -0.15) is 0 Å². The number of carboxylic acids is 1. The van der Waals surface area contributed by atoms with Crippen molar-refractivity contribution in [3.63, 3.8) is 0 Å². The molecule has 0 aromatic heterocycles. The second kappa shape index (κ2) is 7.03. The van der Waals surface area contributed by atoms with Gasteiger partial charge in [-0.25, -0.2) is 4.79 Å². The standard InChI is InChI=1S/C14H17NO6/c16-14(17)10-5-6-13(12(9-10)15(18)19)21-8-2-4-11-3-1-7-20-11/h5-6,9,11H,1-4,7-8H2,(H,16,17). The monoisotopic (exact) mass is 295 g/mol. The van der Waals surface area contributed by atoms with E-state index in [-0.39, 0.29) is 23.1 Å². The molecule has 1 N–H and O–H groups in total. The number of ether oxygens (including phenoxy) is 2. The molecule has 1 heterocycles. The van der Waals surface area contributed by atoms with Gasteiger partial charge in [0.2, 0.25) is 0 Å². The highest BCUT2D eigenvalue weighted by Crippen LogP contribution is 2.28. The summed E-state index contributed by atoms with van der Waals surface area (Å²) in [7, 11) is 0. The van der Waals surface area contributed by atoms with Crippen LogP contribution in [0.4, 0.5) is 5.69 Å². The normalized spacial score (nSPS) is 17.6. The van der Waals surface area contributed by atoms with Gasteiger partial charge in [-0.05, 0) is 37.8 Å². The van der Waals surface area contributed by atoms with E-state index in [2.05, 4.69) is 0 Å². The molecule has 1 aromatic carbocycles. The molecular formula is C14H17NO6. The third-order valence-corrected chi connectivity index (χ3v) is 3.35. The largest absolute Gasteiger partial charge is 0.487 e. The lowest BCUT2D eigenvalue weighted by Gasteiger charge is -2.10. The van der Waals surface area contributed by atoms with Crippen LogP contribution in [0.25, 0.3) is 0 Å². The van der Waals surface area contributed by atoms with E-state index < -0.39 is 10.9 Å². The second-order valence-corrected chi connectivity index (χ2v) is 4.87. The summed E-state index contributed by atoms with van der Waals surface area (Å²) in [4.78, 5) is 21.1. The quantitative estimate of drug-likeness (QED) is 0.471. The molecule has 114 valence electrons. The van der Waals surface area contributed by atoms with Crippen molar-refractivity contribution in [3.8, 4) is 5.75 Å². The first-order chi connectivity index (χ1) is 10.1. The Balaban J connectivity index is 1.92. The van der Waals surface area contributed by atoms with Crippen molar-refractivity contribution >= 4 is 11.7 Å². The maximum atomic E-state index is 11.0. The summed E-state index contributed by atoms with van der Waals surface area (Å²) < 4.78 is 10.9. The minimum Gasteiger partial charge on any atom is -0.487 e. The molecule has 7 nitrogen and oxygen atoms in total. The van der Waals surface area contributed by atoms with Crippen molar-refractivity contribution in [2.75, 3.05) is 13.2 Å². The van der Waals surface area contributed by atoms with Gasteiger partial charge in [-0.1, -0.05) is 0 Å². The third kappa shape index (κ3) is 4.16. The van der Waals surface area contributed by atoms with E-state index in [1.165, 1.54) is 12.1 Å². The SMILES string of the molecule is O=C(O)c1ccc(OCCCC2CCCO2)c([N+](=O)[O-])c1. The number of nitro benzene ring substituents is 1. The van der Waals surface area contributed by atoms with Crippen LogP contribution in [0.1, 0.15) is 36.0 Å². The van der Waals surface area contributed by atoms with Crippen molar-refractivity contribution in [1.29, 1.82) is 0 Å². The molecule has 0 amide bonds. The predicted molar refractivity (Wildman–Crippen MR) is 73.8 cm³/mol. The number of nitrogens with zero attached hydrogens (tertiary/aromatic N) is 1. The number of hydrogen-bond donors (Lipinski definition) is 1. The van der Waals surface area contributed by atoms with Gasteiger partial charge < -0.3 is 14.6 Å². The molecule has 1 saturated heterocycles. The minimum atomic E-state index is -1.21. The highest BCUT2D eigenvalue weighted by Gasteiger charge is 2.19. The van der Waals surface area contributed by atoms with E-state index in [1.807, 2.05) is 0 Å². The minimum absolute atomic E-state index is 0.0948. The Morgan fingerprint density at radius 2 is 2.33 bits per heavy atom. The Hall–Kier alpha value is -2.15. The molecular weight excluding hydrogens is 278 g/mol. The molecule has 7 heteroatoms. The molecule has 0 bridgehead atoms. The summed E-state index contributed by atoms with van der Waals surface area (Å²) in [6, 6.07) is 3.64.